The largest absolute Gasteiger partial charge is 0.462 e. The summed E-state index contributed by atoms with van der Waals surface area (Å²) in [7, 11) is 0. The smallest absolute Gasteiger partial charge is 0.306 e. The highest BCUT2D eigenvalue weighted by molar-refractivity contribution is 5.70. The van der Waals surface area contributed by atoms with Crippen molar-refractivity contribution < 1.29 is 19.1 Å². The summed E-state index contributed by atoms with van der Waals surface area (Å²) in [6, 6.07) is 0. The first-order valence-electron chi connectivity index (χ1n) is 41.8. The van der Waals surface area contributed by atoms with E-state index in [2.05, 4.69) is 107 Å². The average Bonchev–Trinajstić information content (AvgIpc) is 1.36. The molecule has 16 atom stereocenters. The molecule has 0 radical (unpaired) electrons. The summed E-state index contributed by atoms with van der Waals surface area (Å²) < 4.78 is 12.2. The van der Waals surface area contributed by atoms with Crippen molar-refractivity contribution in [2.24, 2.45) is 92.7 Å². The summed E-state index contributed by atoms with van der Waals surface area (Å²) in [6.07, 6.45) is 74.9. The zero-order valence-electron chi connectivity index (χ0n) is 63.4. The van der Waals surface area contributed by atoms with Crippen molar-refractivity contribution in [1.82, 2.24) is 0 Å². The minimum absolute atomic E-state index is 0.0541. The summed E-state index contributed by atoms with van der Waals surface area (Å²) in [5.74, 6) is 10.7. The Balaban J connectivity index is 0.000000261. The third-order valence-corrected chi connectivity index (χ3v) is 28.2. The van der Waals surface area contributed by atoms with Gasteiger partial charge in [-0.25, -0.2) is 0 Å². The van der Waals surface area contributed by atoms with E-state index in [1.54, 1.807) is 11.1 Å². The number of fused-ring (bicyclic) bond motifs is 10. The average molecular weight is 1280 g/mol. The molecule has 6 fully saturated rings. The van der Waals surface area contributed by atoms with Gasteiger partial charge in [-0.1, -0.05) is 285 Å². The van der Waals surface area contributed by atoms with Gasteiger partial charge in [0.2, 0.25) is 0 Å². The summed E-state index contributed by atoms with van der Waals surface area (Å²) in [5, 5.41) is 0. The van der Waals surface area contributed by atoms with Gasteiger partial charge in [0.15, 0.2) is 0 Å². The van der Waals surface area contributed by atoms with Crippen LogP contribution in [0, 0.1) is 92.7 Å². The van der Waals surface area contributed by atoms with Crippen molar-refractivity contribution in [2.75, 3.05) is 0 Å². The summed E-state index contributed by atoms with van der Waals surface area (Å²) >= 11 is 0. The fourth-order valence-corrected chi connectivity index (χ4v) is 22.6. The van der Waals surface area contributed by atoms with Crippen LogP contribution < -0.4 is 0 Å². The van der Waals surface area contributed by atoms with Gasteiger partial charge in [0, 0.05) is 25.7 Å². The first kappa shape index (κ1) is 77.5. The Hall–Kier alpha value is -1.84. The van der Waals surface area contributed by atoms with Crippen LogP contribution >= 0.6 is 0 Å². The van der Waals surface area contributed by atoms with Crippen molar-refractivity contribution in [3.8, 4) is 0 Å². The lowest BCUT2D eigenvalue weighted by molar-refractivity contribution is -0.152. The van der Waals surface area contributed by atoms with E-state index < -0.39 is 0 Å². The molecule has 8 rings (SSSR count). The van der Waals surface area contributed by atoms with E-state index in [1.165, 1.54) is 263 Å². The molecule has 0 aromatic heterocycles. The highest BCUT2D eigenvalue weighted by atomic mass is 16.5. The second-order valence-corrected chi connectivity index (χ2v) is 35.6. The number of hydrogen-bond acceptors (Lipinski definition) is 4. The van der Waals surface area contributed by atoms with Crippen LogP contribution in [0.15, 0.2) is 35.5 Å². The van der Waals surface area contributed by atoms with Gasteiger partial charge in [-0.15, -0.1) is 0 Å². The molecule has 0 spiro atoms. The minimum atomic E-state index is 0.0541. The second kappa shape index (κ2) is 39.7. The minimum Gasteiger partial charge on any atom is -0.462 e. The molecule has 4 nitrogen and oxygen atoms in total. The van der Waals surface area contributed by atoms with Crippen LogP contribution in [0.25, 0.3) is 0 Å². The van der Waals surface area contributed by atoms with Crippen molar-refractivity contribution in [3.63, 3.8) is 0 Å². The number of unbranched alkanes of at least 4 members (excludes halogenated alkanes) is 23. The van der Waals surface area contributed by atoms with Gasteiger partial charge in [0.1, 0.15) is 12.2 Å². The number of carbonyl (C=O) groups is 2. The van der Waals surface area contributed by atoms with E-state index in [9.17, 15) is 9.59 Å². The van der Waals surface area contributed by atoms with Gasteiger partial charge in [-0.2, -0.15) is 0 Å². The van der Waals surface area contributed by atoms with Gasteiger partial charge in [-0.3, -0.25) is 9.59 Å². The van der Waals surface area contributed by atoms with E-state index >= 15 is 0 Å². The number of carbonyl (C=O) groups excluding carboxylic acids is 2. The topological polar surface area (TPSA) is 52.6 Å². The Morgan fingerprint density at radius 2 is 0.761 bits per heavy atom. The first-order chi connectivity index (χ1) is 44.4. The predicted molar refractivity (Wildman–Crippen MR) is 396 cm³/mol. The molecule has 0 unspecified atom stereocenters. The standard InChI is InChI=1S/C45H78O2.C43H76O2/c1-7-8-9-10-11-12-13-14-15-16-17-18-19-20-21-25-43(46)47-38-30-32-44(5)37(34-38)26-27-39-41-29-28-40(36(4)24-22-23-35(2)3)45(41,6)33-31-42(39)44;1-7-8-9-10-11-12-13-14-15-16-17-18-19-23-41(44)45-36-28-30-42(5)35(32-36)24-25-37-39-27-26-38(34(4)22-20-21-33(2)3)43(39,6)31-29-40(37)42/h14-15,26,35-36,38-42H,7-13,16-25,27-34H2,1-6H3;24,33-34,36-40H,7-23,25-32H2,1-6H3/b15-14-;/t36-,38+,39+,40-,41+,42+,44+,45-;34-,36+,37+,38-,39+,40+,42+,43-/m11/s1. The molecule has 0 bridgehead atoms. The molecule has 92 heavy (non-hydrogen) atoms. The molecule has 8 aliphatic rings. The van der Waals surface area contributed by atoms with Crippen LogP contribution in [-0.2, 0) is 19.1 Å². The molecule has 6 saturated carbocycles. The Morgan fingerprint density at radius 1 is 0.413 bits per heavy atom. The van der Waals surface area contributed by atoms with Gasteiger partial charge in [0.25, 0.3) is 0 Å². The first-order valence-corrected chi connectivity index (χ1v) is 41.8. The van der Waals surface area contributed by atoms with Crippen LogP contribution in [0.3, 0.4) is 0 Å². The molecule has 0 saturated heterocycles. The highest BCUT2D eigenvalue weighted by Crippen LogP contribution is 2.69. The van der Waals surface area contributed by atoms with E-state index in [0.29, 0.717) is 34.5 Å². The lowest BCUT2D eigenvalue weighted by Crippen LogP contribution is -2.51. The van der Waals surface area contributed by atoms with Gasteiger partial charge >= 0.3 is 11.9 Å². The third-order valence-electron chi connectivity index (χ3n) is 28.2. The van der Waals surface area contributed by atoms with Crippen molar-refractivity contribution in [1.29, 1.82) is 0 Å². The Bertz CT molecular complexity index is 2180. The van der Waals surface area contributed by atoms with Crippen molar-refractivity contribution in [3.05, 3.63) is 35.5 Å². The van der Waals surface area contributed by atoms with Crippen LogP contribution in [0.1, 0.15) is 404 Å². The lowest BCUT2D eigenvalue weighted by Gasteiger charge is -2.58. The fraction of sp³-hybridized carbons (Fsp3) is 0.909. The lowest BCUT2D eigenvalue weighted by atomic mass is 9.47. The summed E-state index contributed by atoms with van der Waals surface area (Å²) in [5.41, 5.74) is 5.07. The molecule has 0 N–H and O–H groups in total. The Kier molecular flexibility index (Phi) is 33.4. The van der Waals surface area contributed by atoms with Crippen molar-refractivity contribution >= 4 is 11.9 Å². The number of esters is 2. The molecule has 0 amide bonds. The molecule has 4 heteroatoms. The fourth-order valence-electron chi connectivity index (χ4n) is 22.6. The van der Waals surface area contributed by atoms with Gasteiger partial charge < -0.3 is 9.47 Å². The van der Waals surface area contributed by atoms with E-state index in [4.69, 9.17) is 9.47 Å². The second-order valence-electron chi connectivity index (χ2n) is 35.6. The maximum atomic E-state index is 12.8. The molecule has 0 aromatic rings. The maximum Gasteiger partial charge on any atom is 0.306 e. The summed E-state index contributed by atoms with van der Waals surface area (Å²) in [6.45, 7) is 29.9. The zero-order valence-corrected chi connectivity index (χ0v) is 63.4. The van der Waals surface area contributed by atoms with E-state index in [0.717, 1.165) is 116 Å². The van der Waals surface area contributed by atoms with Crippen LogP contribution in [0.5, 0.6) is 0 Å². The number of rotatable bonds is 41. The van der Waals surface area contributed by atoms with E-state index in [1.807, 2.05) is 0 Å². The number of allylic oxidation sites excluding steroid dienone is 4. The normalized spacial score (nSPS) is 32.9. The van der Waals surface area contributed by atoms with Crippen molar-refractivity contribution in [2.45, 2.75) is 416 Å². The molecule has 0 heterocycles. The van der Waals surface area contributed by atoms with Crippen LogP contribution in [-0.4, -0.2) is 24.1 Å². The van der Waals surface area contributed by atoms with Crippen LogP contribution in [0.2, 0.25) is 0 Å². The zero-order chi connectivity index (χ0) is 66.0. The van der Waals surface area contributed by atoms with Gasteiger partial charge in [0.05, 0.1) is 0 Å². The molecule has 0 aromatic carbocycles. The quantitative estimate of drug-likeness (QED) is 0.0348. The molecular formula is C88H154O4. The van der Waals surface area contributed by atoms with Gasteiger partial charge in [-0.05, 0) is 221 Å². The highest BCUT2D eigenvalue weighted by Gasteiger charge is 2.61. The van der Waals surface area contributed by atoms with E-state index in [-0.39, 0.29) is 24.1 Å². The molecule has 8 aliphatic carbocycles. The third kappa shape index (κ3) is 22.1. The summed E-state index contributed by atoms with van der Waals surface area (Å²) in [4.78, 5) is 25.6. The maximum absolute atomic E-state index is 12.8. The monoisotopic (exact) mass is 1280 g/mol. The SMILES string of the molecule is CCCCCCCC/C=C\CCCCCCCC(=O)O[C@H]1CC[C@@]2(C)C(=CC[C@H]3[C@@H]4CC[C@H]([C@H](C)CCCC(C)C)[C@@]4(C)CC[C@@H]32)C1.CCCCCCCCCCCCCCCC(=O)O[C@H]1CC[C@@]2(C)C(=CC[C@H]3[C@@H]4CC[C@H]([C@H](C)CCCC(C)C)[C@@]4(C)CC[C@@H]32)C1. The van der Waals surface area contributed by atoms with Crippen LogP contribution in [0.4, 0.5) is 0 Å². The predicted octanol–water partition coefficient (Wildman–Crippen LogP) is 27.4. The number of ether oxygens (including phenoxy) is 2. The molecule has 530 valence electrons. The number of hydrogen-bond donors (Lipinski definition) is 0. The Morgan fingerprint density at radius 3 is 1.12 bits per heavy atom. The molecule has 0 aliphatic heterocycles. The Labute approximate surface area is 572 Å². The molecular weight excluding hydrogens is 1120 g/mol.